The van der Waals surface area contributed by atoms with Gasteiger partial charge >= 0.3 is 0 Å². The molecular weight excluding hydrogens is 182 g/mol. The molecule has 0 aliphatic heterocycles. The highest BCUT2D eigenvalue weighted by Crippen LogP contribution is 2.24. The fraction of sp³-hybridized carbons (Fsp3) is 0.273. The molecule has 0 spiro atoms. The molecule has 0 unspecified atom stereocenters. The van der Waals surface area contributed by atoms with Crippen LogP contribution in [-0.4, -0.2) is 0 Å². The van der Waals surface area contributed by atoms with Crippen molar-refractivity contribution >= 4 is 11.6 Å². The molecule has 0 fully saturated rings. The standard InChI is InChI=1S/C11H14ClN/c1-3-7-11(2,13)9-5-4-6-10(12)8-9/h3-6,8H,1,7,13H2,2H3/t11-/m0/s1. The number of nitrogens with two attached hydrogens (primary N) is 1. The molecule has 2 heteroatoms. The minimum Gasteiger partial charge on any atom is -0.321 e. The minimum absolute atomic E-state index is 0.368. The Morgan fingerprint density at radius 3 is 2.85 bits per heavy atom. The molecule has 0 aromatic heterocycles. The van der Waals surface area contributed by atoms with Gasteiger partial charge in [-0.25, -0.2) is 0 Å². The van der Waals surface area contributed by atoms with Gasteiger partial charge in [0.15, 0.2) is 0 Å². The summed E-state index contributed by atoms with van der Waals surface area (Å²) in [6.45, 7) is 5.65. The van der Waals surface area contributed by atoms with Crippen LogP contribution in [0.25, 0.3) is 0 Å². The van der Waals surface area contributed by atoms with E-state index < -0.39 is 0 Å². The van der Waals surface area contributed by atoms with Gasteiger partial charge in [0.1, 0.15) is 0 Å². The van der Waals surface area contributed by atoms with Crippen LogP contribution in [0.2, 0.25) is 5.02 Å². The van der Waals surface area contributed by atoms with Crippen LogP contribution in [0.5, 0.6) is 0 Å². The Kier molecular flexibility index (Phi) is 3.12. The van der Waals surface area contributed by atoms with Gasteiger partial charge in [-0.2, -0.15) is 0 Å². The van der Waals surface area contributed by atoms with Crippen LogP contribution in [-0.2, 0) is 5.54 Å². The van der Waals surface area contributed by atoms with Crippen LogP contribution < -0.4 is 5.73 Å². The second kappa shape index (κ2) is 3.95. The van der Waals surface area contributed by atoms with E-state index in [1.165, 1.54) is 0 Å². The molecule has 0 aliphatic carbocycles. The monoisotopic (exact) mass is 195 g/mol. The van der Waals surface area contributed by atoms with Crippen molar-refractivity contribution in [3.05, 3.63) is 47.5 Å². The maximum Gasteiger partial charge on any atom is 0.0416 e. The molecule has 1 aromatic carbocycles. The van der Waals surface area contributed by atoms with Crippen molar-refractivity contribution in [2.75, 3.05) is 0 Å². The lowest BCUT2D eigenvalue weighted by atomic mass is 9.90. The fourth-order valence-corrected chi connectivity index (χ4v) is 1.45. The molecule has 1 atom stereocenters. The minimum atomic E-state index is -0.368. The molecule has 13 heavy (non-hydrogen) atoms. The molecule has 0 saturated heterocycles. The van der Waals surface area contributed by atoms with E-state index in [-0.39, 0.29) is 5.54 Å². The van der Waals surface area contributed by atoms with Gasteiger partial charge in [-0.05, 0) is 31.0 Å². The lowest BCUT2D eigenvalue weighted by molar-refractivity contribution is 0.502. The summed E-state index contributed by atoms with van der Waals surface area (Å²) in [5.41, 5.74) is 6.76. The quantitative estimate of drug-likeness (QED) is 0.738. The van der Waals surface area contributed by atoms with Gasteiger partial charge < -0.3 is 5.73 Å². The van der Waals surface area contributed by atoms with Gasteiger partial charge in [0.25, 0.3) is 0 Å². The zero-order valence-corrected chi connectivity index (χ0v) is 8.51. The molecule has 0 saturated carbocycles. The molecular formula is C11H14ClN. The second-order valence-electron chi connectivity index (χ2n) is 3.42. The Morgan fingerprint density at radius 2 is 2.31 bits per heavy atom. The van der Waals surface area contributed by atoms with E-state index in [2.05, 4.69) is 6.58 Å². The van der Waals surface area contributed by atoms with Gasteiger partial charge in [-0.1, -0.05) is 29.8 Å². The predicted molar refractivity (Wildman–Crippen MR) is 57.8 cm³/mol. The third-order valence-electron chi connectivity index (χ3n) is 2.05. The van der Waals surface area contributed by atoms with Crippen molar-refractivity contribution in [1.29, 1.82) is 0 Å². The van der Waals surface area contributed by atoms with E-state index in [1.807, 2.05) is 37.3 Å². The number of hydrogen-bond acceptors (Lipinski definition) is 1. The molecule has 70 valence electrons. The molecule has 2 N–H and O–H groups in total. The zero-order valence-electron chi connectivity index (χ0n) is 7.76. The molecule has 0 radical (unpaired) electrons. The Hall–Kier alpha value is -0.790. The summed E-state index contributed by atoms with van der Waals surface area (Å²) in [6, 6.07) is 7.63. The van der Waals surface area contributed by atoms with Gasteiger partial charge in [-0.3, -0.25) is 0 Å². The Bertz CT molecular complexity index is 305. The molecule has 1 nitrogen and oxygen atoms in total. The van der Waals surface area contributed by atoms with E-state index in [9.17, 15) is 0 Å². The first-order valence-electron chi connectivity index (χ1n) is 4.22. The summed E-state index contributed by atoms with van der Waals surface area (Å²) >= 11 is 5.87. The number of rotatable bonds is 3. The average Bonchev–Trinajstić information content (AvgIpc) is 2.04. The van der Waals surface area contributed by atoms with Crippen molar-refractivity contribution in [2.24, 2.45) is 5.73 Å². The smallest absolute Gasteiger partial charge is 0.0416 e. The van der Waals surface area contributed by atoms with Crippen LogP contribution in [0.4, 0.5) is 0 Å². The van der Waals surface area contributed by atoms with Gasteiger partial charge in [-0.15, -0.1) is 6.58 Å². The number of halogens is 1. The van der Waals surface area contributed by atoms with Gasteiger partial charge in [0, 0.05) is 10.6 Å². The fourth-order valence-electron chi connectivity index (χ4n) is 1.26. The Labute approximate surface area is 84.2 Å². The van der Waals surface area contributed by atoms with Gasteiger partial charge in [0.05, 0.1) is 0 Å². The predicted octanol–water partition coefficient (Wildman–Crippen LogP) is 3.09. The number of hydrogen-bond donors (Lipinski definition) is 1. The topological polar surface area (TPSA) is 26.0 Å². The van der Waals surface area contributed by atoms with E-state index in [0.717, 1.165) is 17.0 Å². The normalized spacial score (nSPS) is 15.0. The molecule has 0 amide bonds. The molecule has 1 aromatic rings. The van der Waals surface area contributed by atoms with E-state index >= 15 is 0 Å². The highest BCUT2D eigenvalue weighted by molar-refractivity contribution is 6.30. The number of benzene rings is 1. The first kappa shape index (κ1) is 10.3. The lowest BCUT2D eigenvalue weighted by Gasteiger charge is -2.23. The van der Waals surface area contributed by atoms with Crippen LogP contribution >= 0.6 is 11.6 Å². The Morgan fingerprint density at radius 1 is 1.62 bits per heavy atom. The van der Waals surface area contributed by atoms with Gasteiger partial charge in [0.2, 0.25) is 0 Å². The highest BCUT2D eigenvalue weighted by atomic mass is 35.5. The molecule has 1 rings (SSSR count). The van der Waals surface area contributed by atoms with Crippen LogP contribution in [0.3, 0.4) is 0 Å². The maximum absolute atomic E-state index is 6.09. The molecule has 0 bridgehead atoms. The van der Waals surface area contributed by atoms with E-state index in [1.54, 1.807) is 0 Å². The summed E-state index contributed by atoms with van der Waals surface area (Å²) in [5, 5.41) is 0.721. The summed E-state index contributed by atoms with van der Waals surface area (Å²) in [4.78, 5) is 0. The van der Waals surface area contributed by atoms with Crippen molar-refractivity contribution in [2.45, 2.75) is 18.9 Å². The van der Waals surface area contributed by atoms with E-state index in [4.69, 9.17) is 17.3 Å². The Balaban J connectivity index is 2.99. The first-order chi connectivity index (χ1) is 6.06. The first-order valence-corrected chi connectivity index (χ1v) is 4.60. The molecule has 0 aliphatic rings. The highest BCUT2D eigenvalue weighted by Gasteiger charge is 2.18. The van der Waals surface area contributed by atoms with Crippen LogP contribution in [0.15, 0.2) is 36.9 Å². The van der Waals surface area contributed by atoms with Crippen molar-refractivity contribution in [1.82, 2.24) is 0 Å². The summed E-state index contributed by atoms with van der Waals surface area (Å²) in [5.74, 6) is 0. The average molecular weight is 196 g/mol. The maximum atomic E-state index is 6.09. The van der Waals surface area contributed by atoms with Crippen molar-refractivity contribution in [3.63, 3.8) is 0 Å². The SMILES string of the molecule is C=CC[C@](C)(N)c1cccc(Cl)c1. The summed E-state index contributed by atoms with van der Waals surface area (Å²) in [7, 11) is 0. The van der Waals surface area contributed by atoms with Crippen LogP contribution in [0, 0.1) is 0 Å². The van der Waals surface area contributed by atoms with E-state index in [0.29, 0.717) is 0 Å². The van der Waals surface area contributed by atoms with Crippen molar-refractivity contribution in [3.8, 4) is 0 Å². The van der Waals surface area contributed by atoms with Crippen molar-refractivity contribution < 1.29 is 0 Å². The molecule has 0 heterocycles. The second-order valence-corrected chi connectivity index (χ2v) is 3.86. The zero-order chi connectivity index (χ0) is 9.90. The lowest BCUT2D eigenvalue weighted by Crippen LogP contribution is -2.32. The third-order valence-corrected chi connectivity index (χ3v) is 2.29. The third kappa shape index (κ3) is 2.58. The largest absolute Gasteiger partial charge is 0.321 e. The summed E-state index contributed by atoms with van der Waals surface area (Å²) in [6.07, 6.45) is 2.56. The van der Waals surface area contributed by atoms with Crippen LogP contribution in [0.1, 0.15) is 18.9 Å². The summed E-state index contributed by atoms with van der Waals surface area (Å²) < 4.78 is 0.